The molecule has 3 atom stereocenters. The zero-order chi connectivity index (χ0) is 32.5. The van der Waals surface area contributed by atoms with E-state index in [-0.39, 0.29) is 29.5 Å². The molecule has 1 aromatic heterocycles. The number of nitrogens with one attached hydrogen (secondary N) is 2. The molecule has 1 saturated heterocycles. The number of methoxy groups -OCH3 is 1. The summed E-state index contributed by atoms with van der Waals surface area (Å²) in [6.07, 6.45) is 0. The average molecular weight is 663 g/mol. The molecule has 13 nitrogen and oxygen atoms in total. The van der Waals surface area contributed by atoms with Crippen LogP contribution in [-0.4, -0.2) is 53.2 Å². The summed E-state index contributed by atoms with van der Waals surface area (Å²) in [7, 11) is 1.55. The number of aromatic nitrogens is 1. The van der Waals surface area contributed by atoms with Crippen molar-refractivity contribution in [1.82, 2.24) is 4.98 Å². The van der Waals surface area contributed by atoms with Crippen LogP contribution < -0.4 is 29.3 Å². The van der Waals surface area contributed by atoms with E-state index in [1.807, 2.05) is 0 Å². The van der Waals surface area contributed by atoms with Crippen LogP contribution in [0.15, 0.2) is 76.6 Å². The molecule has 4 aromatic rings. The van der Waals surface area contributed by atoms with Crippen LogP contribution in [0.4, 0.5) is 17.1 Å². The van der Waals surface area contributed by atoms with Gasteiger partial charge in [0.1, 0.15) is 11.0 Å². The molecule has 0 spiro atoms. The summed E-state index contributed by atoms with van der Waals surface area (Å²) < 4.78 is 16.8. The number of nitrogens with zero attached hydrogens (tertiary/aromatic N) is 2. The number of hydrogen-bond donors (Lipinski definition) is 2. The number of nitro groups is 1. The summed E-state index contributed by atoms with van der Waals surface area (Å²) >= 11 is 2.09. The van der Waals surface area contributed by atoms with Crippen molar-refractivity contribution in [3.05, 3.63) is 97.0 Å². The molecule has 0 aliphatic carbocycles. The summed E-state index contributed by atoms with van der Waals surface area (Å²) in [5, 5.41) is 13.5. The number of non-ortho nitro benzene ring substituents is 1. The van der Waals surface area contributed by atoms with Crippen molar-refractivity contribution < 1.29 is 33.5 Å². The number of thioether (sulfide) groups is 1. The molecule has 46 heavy (non-hydrogen) atoms. The van der Waals surface area contributed by atoms with Crippen molar-refractivity contribution in [3.63, 3.8) is 0 Å². The van der Waals surface area contributed by atoms with Gasteiger partial charge in [0.05, 0.1) is 35.3 Å². The first kappa shape index (κ1) is 30.9. The van der Waals surface area contributed by atoms with Crippen molar-refractivity contribution in [2.24, 2.45) is 5.92 Å². The van der Waals surface area contributed by atoms with Crippen LogP contribution in [-0.2, 0) is 14.4 Å². The maximum Gasteiger partial charge on any atom is 0.305 e. The monoisotopic (exact) mass is 662 g/mol. The highest BCUT2D eigenvalue weighted by atomic mass is 32.2. The molecule has 3 aromatic carbocycles. The van der Waals surface area contributed by atoms with Gasteiger partial charge in [-0.3, -0.25) is 29.3 Å². The third-order valence-corrected chi connectivity index (χ3v) is 9.90. The lowest BCUT2D eigenvalue weighted by Crippen LogP contribution is -2.32. The number of H-pyrrole nitrogens is 1. The summed E-state index contributed by atoms with van der Waals surface area (Å²) in [6, 6.07) is 17.1. The molecule has 1 fully saturated rings. The standard InChI is InChI=1S/C31H26N4O9S2/c1-3-43-22-14-16(4-13-21(22)44-15-23(36)32-17-5-11-20(42-2)12-6-17)24-25-27(45-28-26(24)46-31(39)33-28)30(38)34(29(25)37)18-7-9-19(10-8-18)35(40)41/h4-14,24-25,27H,3,15H2,1-2H3,(H,32,36)(H,33,39)/t24-,25?,27?/m1/s1. The fourth-order valence-corrected chi connectivity index (χ4v) is 7.99. The molecule has 2 aliphatic heterocycles. The van der Waals surface area contributed by atoms with Crippen LogP contribution in [0, 0.1) is 16.0 Å². The van der Waals surface area contributed by atoms with Crippen molar-refractivity contribution in [1.29, 1.82) is 0 Å². The lowest BCUT2D eigenvalue weighted by atomic mass is 9.83. The van der Waals surface area contributed by atoms with E-state index < -0.39 is 39.7 Å². The van der Waals surface area contributed by atoms with Gasteiger partial charge in [0.25, 0.3) is 11.6 Å². The Balaban J connectivity index is 1.29. The molecule has 3 heterocycles. The Hall–Kier alpha value is -5.15. The number of fused-ring (bicyclic) bond motifs is 2. The summed E-state index contributed by atoms with van der Waals surface area (Å²) in [5.74, 6) is -1.65. The van der Waals surface area contributed by atoms with Crippen molar-refractivity contribution in [2.45, 2.75) is 23.1 Å². The summed E-state index contributed by atoms with van der Waals surface area (Å²) in [5.41, 5.74) is 1.23. The Labute approximate surface area is 269 Å². The van der Waals surface area contributed by atoms with Crippen LogP contribution in [0.2, 0.25) is 0 Å². The van der Waals surface area contributed by atoms with Crippen molar-refractivity contribution >= 4 is 57.9 Å². The number of imide groups is 1. The largest absolute Gasteiger partial charge is 0.497 e. The minimum absolute atomic E-state index is 0.170. The van der Waals surface area contributed by atoms with Gasteiger partial charge in [-0.1, -0.05) is 29.2 Å². The second-order valence-corrected chi connectivity index (χ2v) is 12.4. The molecular formula is C31H26N4O9S2. The van der Waals surface area contributed by atoms with E-state index in [1.165, 1.54) is 24.3 Å². The fourth-order valence-electron chi connectivity index (χ4n) is 5.47. The van der Waals surface area contributed by atoms with Gasteiger partial charge in [-0.2, -0.15) is 0 Å². The lowest BCUT2D eigenvalue weighted by molar-refractivity contribution is -0.384. The maximum absolute atomic E-state index is 14.0. The van der Waals surface area contributed by atoms with Crippen LogP contribution >= 0.6 is 23.1 Å². The number of carbonyl (C=O) groups is 3. The number of benzene rings is 3. The van der Waals surface area contributed by atoms with E-state index in [1.54, 1.807) is 56.5 Å². The first-order chi connectivity index (χ1) is 22.2. The summed E-state index contributed by atoms with van der Waals surface area (Å²) in [4.78, 5) is 67.4. The molecule has 6 rings (SSSR count). The molecule has 0 saturated carbocycles. The quantitative estimate of drug-likeness (QED) is 0.139. The topological polar surface area (TPSA) is 170 Å². The predicted molar refractivity (Wildman–Crippen MR) is 170 cm³/mol. The number of aromatic amines is 1. The van der Waals surface area contributed by atoms with Gasteiger partial charge in [-0.15, -0.1) is 0 Å². The highest BCUT2D eigenvalue weighted by Gasteiger charge is 2.56. The number of amides is 3. The van der Waals surface area contributed by atoms with E-state index in [4.69, 9.17) is 14.2 Å². The number of anilines is 2. The normalized spacial score (nSPS) is 18.5. The predicted octanol–water partition coefficient (Wildman–Crippen LogP) is 4.57. The average Bonchev–Trinajstić information content (AvgIpc) is 3.54. The maximum atomic E-state index is 14.0. The smallest absolute Gasteiger partial charge is 0.305 e. The van der Waals surface area contributed by atoms with Gasteiger partial charge in [0, 0.05) is 28.6 Å². The van der Waals surface area contributed by atoms with E-state index in [9.17, 15) is 29.3 Å². The molecule has 2 aliphatic rings. The molecule has 3 amide bonds. The Kier molecular flexibility index (Phi) is 8.51. The number of hydrogen-bond acceptors (Lipinski definition) is 11. The highest BCUT2D eigenvalue weighted by Crippen LogP contribution is 2.53. The number of carbonyl (C=O) groups excluding carboxylic acids is 3. The molecule has 0 radical (unpaired) electrons. The molecule has 0 bridgehead atoms. The third-order valence-electron chi connectivity index (χ3n) is 7.50. The minimum atomic E-state index is -0.872. The van der Waals surface area contributed by atoms with E-state index in [2.05, 4.69) is 10.3 Å². The zero-order valence-electron chi connectivity index (χ0n) is 24.4. The van der Waals surface area contributed by atoms with Gasteiger partial charge < -0.3 is 24.5 Å². The Morgan fingerprint density at radius 1 is 1.00 bits per heavy atom. The van der Waals surface area contributed by atoms with Crippen LogP contribution in [0.3, 0.4) is 0 Å². The van der Waals surface area contributed by atoms with Crippen LogP contribution in [0.5, 0.6) is 17.2 Å². The highest BCUT2D eigenvalue weighted by molar-refractivity contribution is 8.00. The SMILES string of the molecule is CCOc1cc([C@H]2c3sc(=O)[nH]c3SC3C(=O)N(c4ccc([N+](=O)[O-])cc4)C(=O)C32)ccc1OCC(=O)Nc1ccc(OC)cc1. The van der Waals surface area contributed by atoms with Crippen LogP contribution in [0.25, 0.3) is 0 Å². The van der Waals surface area contributed by atoms with Crippen molar-refractivity contribution in [2.75, 3.05) is 30.5 Å². The molecular weight excluding hydrogens is 636 g/mol. The first-order valence-electron chi connectivity index (χ1n) is 14.0. The van der Waals surface area contributed by atoms with E-state index in [0.717, 1.165) is 28.0 Å². The van der Waals surface area contributed by atoms with E-state index >= 15 is 0 Å². The van der Waals surface area contributed by atoms with Gasteiger partial charge >= 0.3 is 4.87 Å². The Morgan fingerprint density at radius 2 is 1.74 bits per heavy atom. The molecule has 15 heteroatoms. The van der Waals surface area contributed by atoms with Gasteiger partial charge in [-0.05, 0) is 61.0 Å². The second-order valence-electron chi connectivity index (χ2n) is 10.2. The lowest BCUT2D eigenvalue weighted by Gasteiger charge is -2.30. The second kappa shape index (κ2) is 12.7. The minimum Gasteiger partial charge on any atom is -0.497 e. The zero-order valence-corrected chi connectivity index (χ0v) is 26.0. The van der Waals surface area contributed by atoms with Gasteiger partial charge in [0.2, 0.25) is 11.8 Å². The molecule has 2 unspecified atom stereocenters. The van der Waals surface area contributed by atoms with Crippen molar-refractivity contribution in [3.8, 4) is 17.2 Å². The Morgan fingerprint density at radius 3 is 2.41 bits per heavy atom. The number of ether oxygens (including phenoxy) is 3. The van der Waals surface area contributed by atoms with Crippen LogP contribution in [0.1, 0.15) is 23.3 Å². The van der Waals surface area contributed by atoms with Gasteiger partial charge in [-0.25, -0.2) is 4.90 Å². The van der Waals surface area contributed by atoms with Gasteiger partial charge in [0.15, 0.2) is 18.1 Å². The van der Waals surface area contributed by atoms with E-state index in [0.29, 0.717) is 38.4 Å². The molecule has 2 N–H and O–H groups in total. The fraction of sp³-hybridized carbons (Fsp3) is 0.226. The first-order valence-corrected chi connectivity index (χ1v) is 15.7. The number of thiazole rings is 1. The third kappa shape index (κ3) is 5.81. The molecule has 236 valence electrons. The Bertz CT molecular complexity index is 1890. The number of rotatable bonds is 10. The number of nitro benzene ring substituents is 1. The summed E-state index contributed by atoms with van der Waals surface area (Å²) in [6.45, 7) is 1.76.